The topological polar surface area (TPSA) is 64.3 Å². The van der Waals surface area contributed by atoms with Crippen molar-refractivity contribution in [2.75, 3.05) is 13.7 Å². The molecular weight excluding hydrogens is 252 g/mol. The highest BCUT2D eigenvalue weighted by Gasteiger charge is 2.07. The summed E-state index contributed by atoms with van der Waals surface area (Å²) in [5.74, 6) is 0.640. The Morgan fingerprint density at radius 3 is 2.83 bits per heavy atom. The first kappa shape index (κ1) is 14.8. The summed E-state index contributed by atoms with van der Waals surface area (Å²) in [5.41, 5.74) is 6.44. The van der Waals surface area contributed by atoms with Crippen LogP contribution in [0.5, 0.6) is 5.75 Å². The van der Waals surface area contributed by atoms with Crippen LogP contribution in [0.25, 0.3) is 0 Å². The van der Waals surface area contributed by atoms with E-state index in [0.717, 1.165) is 5.56 Å². The number of nitrogens with two attached hydrogens (primary N) is 1. The van der Waals surface area contributed by atoms with Crippen molar-refractivity contribution in [1.82, 2.24) is 5.32 Å². The van der Waals surface area contributed by atoms with E-state index in [9.17, 15) is 4.79 Å². The SMILES string of the molecule is COc1ccc(CCC(=O)NC(C)CN)cc1Cl. The molecule has 0 heterocycles. The van der Waals surface area contributed by atoms with Gasteiger partial charge in [0.1, 0.15) is 5.75 Å². The van der Waals surface area contributed by atoms with Crippen LogP contribution in [-0.2, 0) is 11.2 Å². The fraction of sp³-hybridized carbons (Fsp3) is 0.462. The Hall–Kier alpha value is -1.26. The fourth-order valence-electron chi connectivity index (χ4n) is 1.53. The number of nitrogens with one attached hydrogen (secondary N) is 1. The number of halogens is 1. The molecule has 1 rings (SSSR count). The largest absolute Gasteiger partial charge is 0.495 e. The lowest BCUT2D eigenvalue weighted by molar-refractivity contribution is -0.121. The van der Waals surface area contributed by atoms with Crippen molar-refractivity contribution in [2.45, 2.75) is 25.8 Å². The summed E-state index contributed by atoms with van der Waals surface area (Å²) in [5, 5.41) is 3.38. The average molecular weight is 271 g/mol. The zero-order valence-electron chi connectivity index (χ0n) is 10.7. The van der Waals surface area contributed by atoms with Gasteiger partial charge in [-0.25, -0.2) is 0 Å². The van der Waals surface area contributed by atoms with Gasteiger partial charge in [-0.1, -0.05) is 17.7 Å². The van der Waals surface area contributed by atoms with Crippen LogP contribution in [0.15, 0.2) is 18.2 Å². The second-order valence-electron chi connectivity index (χ2n) is 4.17. The van der Waals surface area contributed by atoms with E-state index in [-0.39, 0.29) is 11.9 Å². The number of rotatable bonds is 6. The maximum atomic E-state index is 11.6. The summed E-state index contributed by atoms with van der Waals surface area (Å²) < 4.78 is 5.07. The first-order chi connectivity index (χ1) is 8.56. The molecule has 0 saturated heterocycles. The predicted octanol–water partition coefficient (Wildman–Crippen LogP) is 1.74. The Morgan fingerprint density at radius 2 is 2.28 bits per heavy atom. The highest BCUT2D eigenvalue weighted by atomic mass is 35.5. The summed E-state index contributed by atoms with van der Waals surface area (Å²) in [6.07, 6.45) is 1.07. The Labute approximate surface area is 112 Å². The zero-order chi connectivity index (χ0) is 13.5. The van der Waals surface area contributed by atoms with Gasteiger partial charge in [0.2, 0.25) is 5.91 Å². The third-order valence-corrected chi connectivity index (χ3v) is 2.91. The average Bonchev–Trinajstić information content (AvgIpc) is 2.36. The van der Waals surface area contributed by atoms with Crippen molar-refractivity contribution in [2.24, 2.45) is 5.73 Å². The summed E-state index contributed by atoms with van der Waals surface area (Å²) in [6.45, 7) is 2.32. The van der Waals surface area contributed by atoms with E-state index >= 15 is 0 Å². The summed E-state index contributed by atoms with van der Waals surface area (Å²) in [6, 6.07) is 5.54. The minimum Gasteiger partial charge on any atom is -0.495 e. The molecule has 1 unspecified atom stereocenters. The van der Waals surface area contributed by atoms with Crippen LogP contribution in [0.3, 0.4) is 0 Å². The number of aryl methyl sites for hydroxylation is 1. The molecule has 0 aliphatic heterocycles. The quantitative estimate of drug-likeness (QED) is 0.828. The minimum absolute atomic E-state index is 0.000101. The van der Waals surface area contributed by atoms with Crippen LogP contribution in [-0.4, -0.2) is 25.6 Å². The lowest BCUT2D eigenvalue weighted by Gasteiger charge is -2.11. The monoisotopic (exact) mass is 270 g/mol. The molecule has 0 radical (unpaired) electrons. The number of carbonyl (C=O) groups excluding carboxylic acids is 1. The number of benzene rings is 1. The number of hydrogen-bond acceptors (Lipinski definition) is 3. The van der Waals surface area contributed by atoms with E-state index in [1.54, 1.807) is 13.2 Å². The van der Waals surface area contributed by atoms with Crippen molar-refractivity contribution in [3.05, 3.63) is 28.8 Å². The smallest absolute Gasteiger partial charge is 0.220 e. The molecule has 5 heteroatoms. The summed E-state index contributed by atoms with van der Waals surface area (Å²) in [7, 11) is 1.57. The van der Waals surface area contributed by atoms with E-state index in [4.69, 9.17) is 22.1 Å². The molecule has 1 aromatic rings. The van der Waals surface area contributed by atoms with E-state index in [1.807, 2.05) is 19.1 Å². The first-order valence-electron chi connectivity index (χ1n) is 5.88. The van der Waals surface area contributed by atoms with Gasteiger partial charge >= 0.3 is 0 Å². The van der Waals surface area contributed by atoms with Gasteiger partial charge in [0.05, 0.1) is 12.1 Å². The lowest BCUT2D eigenvalue weighted by atomic mass is 10.1. The first-order valence-corrected chi connectivity index (χ1v) is 6.26. The van der Waals surface area contributed by atoms with Crippen LogP contribution in [0.1, 0.15) is 18.9 Å². The molecule has 4 nitrogen and oxygen atoms in total. The van der Waals surface area contributed by atoms with Crippen molar-refractivity contribution in [1.29, 1.82) is 0 Å². The zero-order valence-corrected chi connectivity index (χ0v) is 11.5. The number of ether oxygens (including phenoxy) is 1. The van der Waals surface area contributed by atoms with Gasteiger partial charge < -0.3 is 15.8 Å². The van der Waals surface area contributed by atoms with Gasteiger partial charge in [-0.3, -0.25) is 4.79 Å². The van der Waals surface area contributed by atoms with Gasteiger partial charge in [0.15, 0.2) is 0 Å². The molecule has 0 spiro atoms. The van der Waals surface area contributed by atoms with Crippen molar-refractivity contribution in [3.63, 3.8) is 0 Å². The molecule has 0 aromatic heterocycles. The van der Waals surface area contributed by atoms with Gasteiger partial charge in [0, 0.05) is 19.0 Å². The molecule has 100 valence electrons. The highest BCUT2D eigenvalue weighted by Crippen LogP contribution is 2.25. The molecule has 0 aliphatic rings. The molecule has 1 aromatic carbocycles. The molecule has 3 N–H and O–H groups in total. The Morgan fingerprint density at radius 1 is 1.56 bits per heavy atom. The number of methoxy groups -OCH3 is 1. The van der Waals surface area contributed by atoms with Crippen molar-refractivity contribution < 1.29 is 9.53 Å². The van der Waals surface area contributed by atoms with Crippen LogP contribution >= 0.6 is 11.6 Å². The van der Waals surface area contributed by atoms with E-state index in [1.165, 1.54) is 0 Å². The molecule has 0 bridgehead atoms. The van der Waals surface area contributed by atoms with Crippen molar-refractivity contribution >= 4 is 17.5 Å². The molecule has 1 atom stereocenters. The maximum absolute atomic E-state index is 11.6. The van der Waals surface area contributed by atoms with Crippen molar-refractivity contribution in [3.8, 4) is 5.75 Å². The second kappa shape index (κ2) is 7.24. The third-order valence-electron chi connectivity index (χ3n) is 2.62. The number of hydrogen-bond donors (Lipinski definition) is 2. The van der Waals surface area contributed by atoms with Gasteiger partial charge in [-0.15, -0.1) is 0 Å². The molecule has 0 fully saturated rings. The maximum Gasteiger partial charge on any atom is 0.220 e. The van der Waals surface area contributed by atoms with Gasteiger partial charge in [0.25, 0.3) is 0 Å². The molecule has 18 heavy (non-hydrogen) atoms. The van der Waals surface area contributed by atoms with E-state index in [0.29, 0.717) is 30.2 Å². The molecule has 1 amide bonds. The molecule has 0 saturated carbocycles. The number of amides is 1. The van der Waals surface area contributed by atoms with Gasteiger partial charge in [-0.2, -0.15) is 0 Å². The second-order valence-corrected chi connectivity index (χ2v) is 4.58. The third kappa shape index (κ3) is 4.55. The van der Waals surface area contributed by atoms with Crippen LogP contribution in [0.2, 0.25) is 5.02 Å². The van der Waals surface area contributed by atoms with E-state index in [2.05, 4.69) is 5.32 Å². The predicted molar refractivity (Wildman–Crippen MR) is 73.0 cm³/mol. The standard InChI is InChI=1S/C13H19ClN2O2/c1-9(8-15)16-13(17)6-4-10-3-5-12(18-2)11(14)7-10/h3,5,7,9H,4,6,8,15H2,1-2H3,(H,16,17). The van der Waals surface area contributed by atoms with E-state index < -0.39 is 0 Å². The van der Waals surface area contributed by atoms with Gasteiger partial charge in [-0.05, 0) is 31.0 Å². The molecular formula is C13H19ClN2O2. The normalized spacial score (nSPS) is 12.0. The fourth-order valence-corrected chi connectivity index (χ4v) is 1.81. The van der Waals surface area contributed by atoms with Crippen LogP contribution in [0, 0.1) is 0 Å². The Kier molecular flexibility index (Phi) is 5.95. The highest BCUT2D eigenvalue weighted by molar-refractivity contribution is 6.32. The van der Waals surface area contributed by atoms with Crippen LogP contribution in [0.4, 0.5) is 0 Å². The minimum atomic E-state index is -0.000101. The Bertz CT molecular complexity index is 410. The molecule has 0 aliphatic carbocycles. The number of carbonyl (C=O) groups is 1. The Balaban J connectivity index is 2.48. The van der Waals surface area contributed by atoms with Crippen LogP contribution < -0.4 is 15.8 Å². The summed E-state index contributed by atoms with van der Waals surface area (Å²) in [4.78, 5) is 11.6. The summed E-state index contributed by atoms with van der Waals surface area (Å²) >= 11 is 6.01. The lowest BCUT2D eigenvalue weighted by Crippen LogP contribution is -2.37.